The van der Waals surface area contributed by atoms with Gasteiger partial charge in [0, 0.05) is 23.5 Å². The second-order valence-corrected chi connectivity index (χ2v) is 7.69. The van der Waals surface area contributed by atoms with E-state index in [9.17, 15) is 19.3 Å². The first-order valence-corrected chi connectivity index (χ1v) is 9.86. The predicted octanol–water partition coefficient (Wildman–Crippen LogP) is 4.07. The number of nitrogens with one attached hydrogen (secondary N) is 2. The molecule has 0 fully saturated rings. The van der Waals surface area contributed by atoms with Crippen LogP contribution in [0, 0.1) is 15.9 Å². The Morgan fingerprint density at radius 3 is 2.86 bits per heavy atom. The largest absolute Gasteiger partial charge is 0.497 e. The number of carbonyl (C=O) groups excluding carboxylic acids is 1. The van der Waals surface area contributed by atoms with Gasteiger partial charge in [0.15, 0.2) is 4.34 Å². The first-order chi connectivity index (χ1) is 13.9. The number of amides is 1. The molecule has 0 saturated heterocycles. The molecule has 1 amide bonds. The molecule has 2 N–H and O–H groups in total. The Hall–Kier alpha value is -3.25. The summed E-state index contributed by atoms with van der Waals surface area (Å²) >= 11 is 2.43. The molecule has 150 valence electrons. The van der Waals surface area contributed by atoms with Crippen molar-refractivity contribution < 1.29 is 18.8 Å². The van der Waals surface area contributed by atoms with Crippen LogP contribution in [-0.4, -0.2) is 33.9 Å². The van der Waals surface area contributed by atoms with Gasteiger partial charge in [-0.3, -0.25) is 14.9 Å². The second kappa shape index (κ2) is 9.30. The molecule has 1 aromatic heterocycles. The van der Waals surface area contributed by atoms with Crippen LogP contribution in [0.25, 0.3) is 0 Å². The number of nitro benzene ring substituents is 1. The fourth-order valence-electron chi connectivity index (χ4n) is 2.20. The molecule has 0 bridgehead atoms. The molecular weight excluding hydrogens is 421 g/mol. The van der Waals surface area contributed by atoms with E-state index in [1.54, 1.807) is 7.11 Å². The maximum absolute atomic E-state index is 13.3. The van der Waals surface area contributed by atoms with Crippen LogP contribution < -0.4 is 15.4 Å². The van der Waals surface area contributed by atoms with E-state index in [2.05, 4.69) is 20.8 Å². The van der Waals surface area contributed by atoms with Gasteiger partial charge in [0.2, 0.25) is 16.9 Å². The summed E-state index contributed by atoms with van der Waals surface area (Å²) < 4.78 is 19.1. The lowest BCUT2D eigenvalue weighted by Crippen LogP contribution is -2.14. The third-order valence-corrected chi connectivity index (χ3v) is 5.45. The van der Waals surface area contributed by atoms with Crippen molar-refractivity contribution in [1.29, 1.82) is 0 Å². The summed E-state index contributed by atoms with van der Waals surface area (Å²) in [7, 11) is 1.58. The topological polar surface area (TPSA) is 119 Å². The normalized spacial score (nSPS) is 10.4. The fourth-order valence-corrected chi connectivity index (χ4v) is 3.77. The smallest absolute Gasteiger partial charge is 0.306 e. The highest BCUT2D eigenvalue weighted by atomic mass is 32.2. The van der Waals surface area contributed by atoms with Crippen LogP contribution in [0.15, 0.2) is 46.8 Å². The van der Waals surface area contributed by atoms with Crippen LogP contribution in [0.4, 0.5) is 26.6 Å². The SMILES string of the molecule is COc1cccc(Nc2nnc(SCC(=O)Nc3ccc(F)c([N+](=O)[O-])c3)s2)c1. The first kappa shape index (κ1) is 20.5. The molecule has 0 unspecified atom stereocenters. The van der Waals surface area contributed by atoms with Crippen molar-refractivity contribution in [2.45, 2.75) is 4.34 Å². The predicted molar refractivity (Wildman–Crippen MR) is 109 cm³/mol. The van der Waals surface area contributed by atoms with E-state index < -0.39 is 22.3 Å². The zero-order valence-corrected chi connectivity index (χ0v) is 16.6. The van der Waals surface area contributed by atoms with Gasteiger partial charge in [0.25, 0.3) is 0 Å². The molecule has 0 aliphatic rings. The minimum absolute atomic E-state index is 0.0129. The van der Waals surface area contributed by atoms with E-state index in [4.69, 9.17) is 4.74 Å². The Bertz CT molecular complexity index is 1050. The average molecular weight is 435 g/mol. The summed E-state index contributed by atoms with van der Waals surface area (Å²) in [5, 5.41) is 24.9. The fraction of sp³-hybridized carbons (Fsp3) is 0.118. The molecule has 12 heteroatoms. The molecule has 3 aromatic rings. The van der Waals surface area contributed by atoms with Gasteiger partial charge in [-0.05, 0) is 24.3 Å². The molecule has 3 rings (SSSR count). The molecule has 0 aliphatic carbocycles. The van der Waals surface area contributed by atoms with Crippen molar-refractivity contribution in [1.82, 2.24) is 10.2 Å². The lowest BCUT2D eigenvalue weighted by atomic mass is 10.2. The van der Waals surface area contributed by atoms with Crippen LogP contribution in [-0.2, 0) is 4.79 Å². The number of carbonyl (C=O) groups is 1. The molecular formula is C17H14FN5O4S2. The number of rotatable bonds is 8. The van der Waals surface area contributed by atoms with Gasteiger partial charge in [-0.25, -0.2) is 0 Å². The number of halogens is 1. The Labute approximate surface area is 172 Å². The van der Waals surface area contributed by atoms with Gasteiger partial charge in [-0.1, -0.05) is 29.2 Å². The van der Waals surface area contributed by atoms with Crippen LogP contribution in [0.2, 0.25) is 0 Å². The van der Waals surface area contributed by atoms with Gasteiger partial charge in [0.1, 0.15) is 5.75 Å². The van der Waals surface area contributed by atoms with Crippen LogP contribution in [0.5, 0.6) is 5.75 Å². The molecule has 0 spiro atoms. The van der Waals surface area contributed by atoms with E-state index in [1.807, 2.05) is 24.3 Å². The van der Waals surface area contributed by atoms with Crippen molar-refractivity contribution in [3.05, 3.63) is 58.4 Å². The standard InChI is InChI=1S/C17H14FN5O4S2/c1-27-12-4-2-3-10(7-12)20-16-21-22-17(29-16)28-9-15(24)19-11-5-6-13(18)14(8-11)23(25)26/h2-8H,9H2,1H3,(H,19,24)(H,20,21). The minimum Gasteiger partial charge on any atom is -0.497 e. The number of hydrogen-bond acceptors (Lipinski definition) is 9. The highest BCUT2D eigenvalue weighted by molar-refractivity contribution is 8.01. The van der Waals surface area contributed by atoms with Crippen LogP contribution in [0.3, 0.4) is 0 Å². The first-order valence-electron chi connectivity index (χ1n) is 8.06. The number of anilines is 3. The summed E-state index contributed by atoms with van der Waals surface area (Å²) in [6, 6.07) is 10.5. The molecule has 9 nitrogen and oxygen atoms in total. The summed E-state index contributed by atoms with van der Waals surface area (Å²) in [4.78, 5) is 22.0. The third kappa shape index (κ3) is 5.62. The highest BCUT2D eigenvalue weighted by Gasteiger charge is 2.16. The van der Waals surface area contributed by atoms with E-state index in [1.165, 1.54) is 17.4 Å². The quantitative estimate of drug-likeness (QED) is 0.309. The summed E-state index contributed by atoms with van der Waals surface area (Å²) in [6.07, 6.45) is 0. The minimum atomic E-state index is -0.965. The molecule has 1 heterocycles. The van der Waals surface area contributed by atoms with Gasteiger partial charge >= 0.3 is 5.69 Å². The molecule has 0 radical (unpaired) electrons. The van der Waals surface area contributed by atoms with Crippen molar-refractivity contribution in [3.63, 3.8) is 0 Å². The maximum atomic E-state index is 13.3. The zero-order chi connectivity index (χ0) is 20.8. The number of nitro groups is 1. The van der Waals surface area contributed by atoms with Crippen molar-refractivity contribution in [2.75, 3.05) is 23.5 Å². The number of nitrogens with zero attached hydrogens (tertiary/aromatic N) is 3. The second-order valence-electron chi connectivity index (χ2n) is 5.49. The zero-order valence-electron chi connectivity index (χ0n) is 14.9. The molecule has 0 aliphatic heterocycles. The van der Waals surface area contributed by atoms with E-state index in [-0.39, 0.29) is 11.4 Å². The van der Waals surface area contributed by atoms with Crippen LogP contribution in [0.1, 0.15) is 0 Å². The molecule has 0 saturated carbocycles. The average Bonchev–Trinajstić information content (AvgIpc) is 3.15. The number of thioether (sulfide) groups is 1. The Morgan fingerprint density at radius 1 is 1.28 bits per heavy atom. The van der Waals surface area contributed by atoms with Gasteiger partial charge in [-0.15, -0.1) is 10.2 Å². The lowest BCUT2D eigenvalue weighted by Gasteiger charge is -2.04. The summed E-state index contributed by atoms with van der Waals surface area (Å²) in [6.45, 7) is 0. The monoisotopic (exact) mass is 435 g/mol. The van der Waals surface area contributed by atoms with Crippen molar-refractivity contribution in [3.8, 4) is 5.75 Å². The third-order valence-electron chi connectivity index (χ3n) is 3.48. The van der Waals surface area contributed by atoms with Gasteiger partial charge < -0.3 is 15.4 Å². The number of ether oxygens (including phenoxy) is 1. The number of hydrogen-bond donors (Lipinski definition) is 2. The molecule has 2 aromatic carbocycles. The van der Waals surface area contributed by atoms with Crippen molar-refractivity contribution in [2.24, 2.45) is 0 Å². The summed E-state index contributed by atoms with van der Waals surface area (Å²) in [5.41, 5.74) is 0.224. The number of methoxy groups -OCH3 is 1. The van der Waals surface area contributed by atoms with Gasteiger partial charge in [-0.2, -0.15) is 4.39 Å². The Kier molecular flexibility index (Phi) is 6.57. The number of benzene rings is 2. The van der Waals surface area contributed by atoms with E-state index >= 15 is 0 Å². The summed E-state index contributed by atoms with van der Waals surface area (Å²) in [5.74, 6) is -0.661. The lowest BCUT2D eigenvalue weighted by molar-refractivity contribution is -0.387. The van der Waals surface area contributed by atoms with Crippen molar-refractivity contribution >= 4 is 51.2 Å². The highest BCUT2D eigenvalue weighted by Crippen LogP contribution is 2.29. The number of aromatic nitrogens is 2. The van der Waals surface area contributed by atoms with Gasteiger partial charge in [0.05, 0.1) is 17.8 Å². The molecule has 29 heavy (non-hydrogen) atoms. The van der Waals surface area contributed by atoms with Crippen LogP contribution >= 0.6 is 23.1 Å². The molecule has 0 atom stereocenters. The Morgan fingerprint density at radius 2 is 2.10 bits per heavy atom. The Balaban J connectivity index is 1.54. The van der Waals surface area contributed by atoms with E-state index in [0.717, 1.165) is 29.6 Å². The van der Waals surface area contributed by atoms with E-state index in [0.29, 0.717) is 15.2 Å². The maximum Gasteiger partial charge on any atom is 0.306 e.